The second kappa shape index (κ2) is 8.99. The molecule has 0 bridgehead atoms. The number of thiazole rings is 1. The van der Waals surface area contributed by atoms with Gasteiger partial charge in [0.2, 0.25) is 0 Å². The van der Waals surface area contributed by atoms with Gasteiger partial charge >= 0.3 is 12.1 Å². The Morgan fingerprint density at radius 2 is 2.00 bits per heavy atom. The number of benzene rings is 1. The van der Waals surface area contributed by atoms with Crippen molar-refractivity contribution in [3.63, 3.8) is 0 Å². The molecular formula is C21H18F3N3O3S2. The van der Waals surface area contributed by atoms with E-state index < -0.39 is 17.7 Å². The SMILES string of the molecule is CCCCOC(=O)Cc1nn(Cc2nc3cc(C(F)(F)F)ccc3s2)c(=O)c2cscc12. The summed E-state index contributed by atoms with van der Waals surface area (Å²) in [5, 5.41) is 9.29. The van der Waals surface area contributed by atoms with E-state index in [1.54, 1.807) is 10.8 Å². The van der Waals surface area contributed by atoms with Crippen molar-refractivity contribution >= 4 is 49.6 Å². The molecule has 0 amide bonds. The van der Waals surface area contributed by atoms with E-state index in [4.69, 9.17) is 4.74 Å². The van der Waals surface area contributed by atoms with E-state index in [1.807, 2.05) is 6.92 Å². The summed E-state index contributed by atoms with van der Waals surface area (Å²) in [7, 11) is 0. The lowest BCUT2D eigenvalue weighted by molar-refractivity contribution is -0.143. The summed E-state index contributed by atoms with van der Waals surface area (Å²) in [4.78, 5) is 29.3. The Morgan fingerprint density at radius 3 is 2.75 bits per heavy atom. The Labute approximate surface area is 188 Å². The number of carbonyl (C=O) groups is 1. The number of esters is 1. The molecule has 4 aromatic rings. The van der Waals surface area contributed by atoms with Gasteiger partial charge in [0.1, 0.15) is 5.01 Å². The molecule has 11 heteroatoms. The molecule has 3 aromatic heterocycles. The highest BCUT2D eigenvalue weighted by Gasteiger charge is 2.30. The molecule has 0 radical (unpaired) electrons. The van der Waals surface area contributed by atoms with Gasteiger partial charge in [0.25, 0.3) is 5.56 Å². The predicted molar refractivity (Wildman–Crippen MR) is 117 cm³/mol. The Morgan fingerprint density at radius 1 is 1.22 bits per heavy atom. The van der Waals surface area contributed by atoms with Crippen molar-refractivity contribution < 1.29 is 22.7 Å². The number of thiophene rings is 1. The number of carbonyl (C=O) groups excluding carboxylic acids is 1. The number of hydrogen-bond donors (Lipinski definition) is 0. The van der Waals surface area contributed by atoms with Gasteiger partial charge in [-0.3, -0.25) is 9.59 Å². The monoisotopic (exact) mass is 481 g/mol. The van der Waals surface area contributed by atoms with Crippen LogP contribution in [0.1, 0.15) is 36.0 Å². The zero-order valence-corrected chi connectivity index (χ0v) is 18.6. The number of halogens is 3. The molecule has 168 valence electrons. The highest BCUT2D eigenvalue weighted by molar-refractivity contribution is 7.18. The first-order valence-corrected chi connectivity index (χ1v) is 11.6. The molecule has 0 unspecified atom stereocenters. The maximum absolute atomic E-state index is 13.0. The zero-order chi connectivity index (χ0) is 22.9. The van der Waals surface area contributed by atoms with Crippen molar-refractivity contribution in [2.45, 2.75) is 38.9 Å². The first kappa shape index (κ1) is 22.4. The third-order valence-corrected chi connectivity index (χ3v) is 6.56. The van der Waals surface area contributed by atoms with E-state index in [2.05, 4.69) is 10.1 Å². The summed E-state index contributed by atoms with van der Waals surface area (Å²) >= 11 is 2.52. The molecule has 0 saturated heterocycles. The molecule has 0 fully saturated rings. The van der Waals surface area contributed by atoms with Gasteiger partial charge < -0.3 is 4.74 Å². The highest BCUT2D eigenvalue weighted by Crippen LogP contribution is 2.33. The second-order valence-electron chi connectivity index (χ2n) is 7.15. The van der Waals surface area contributed by atoms with Gasteiger partial charge in [-0.05, 0) is 24.6 Å². The molecule has 0 saturated carbocycles. The summed E-state index contributed by atoms with van der Waals surface area (Å²) in [6.07, 6.45) is -2.87. The predicted octanol–water partition coefficient (Wildman–Crippen LogP) is 5.02. The van der Waals surface area contributed by atoms with Crippen molar-refractivity contribution in [2.75, 3.05) is 6.61 Å². The smallest absolute Gasteiger partial charge is 0.416 e. The lowest BCUT2D eigenvalue weighted by Gasteiger charge is -2.08. The van der Waals surface area contributed by atoms with Crippen LogP contribution in [0.5, 0.6) is 0 Å². The van der Waals surface area contributed by atoms with Gasteiger partial charge in [-0.25, -0.2) is 9.67 Å². The molecule has 0 aliphatic carbocycles. The van der Waals surface area contributed by atoms with Crippen LogP contribution in [0, 0.1) is 0 Å². The molecule has 0 spiro atoms. The van der Waals surface area contributed by atoms with Crippen molar-refractivity contribution in [3.8, 4) is 0 Å². The molecule has 0 aliphatic rings. The molecule has 0 aliphatic heterocycles. The average molecular weight is 482 g/mol. The number of hydrogen-bond acceptors (Lipinski definition) is 7. The summed E-state index contributed by atoms with van der Waals surface area (Å²) in [6.45, 7) is 2.31. The lowest BCUT2D eigenvalue weighted by atomic mass is 10.2. The van der Waals surface area contributed by atoms with Crippen LogP contribution in [0.3, 0.4) is 0 Å². The standard InChI is InChI=1S/C21H18F3N3O3S2/c1-2-3-6-30-19(28)8-15-13-10-31-11-14(13)20(29)27(26-15)9-18-25-16-7-12(21(22,23)24)4-5-17(16)32-18/h4-5,7,10-11H,2-3,6,8-9H2,1H3. The van der Waals surface area contributed by atoms with E-state index in [0.29, 0.717) is 32.8 Å². The second-order valence-corrected chi connectivity index (χ2v) is 9.01. The van der Waals surface area contributed by atoms with Gasteiger partial charge in [0.05, 0.1) is 46.4 Å². The molecule has 0 atom stereocenters. The van der Waals surface area contributed by atoms with Crippen LogP contribution in [0.25, 0.3) is 21.0 Å². The minimum absolute atomic E-state index is 0.0107. The largest absolute Gasteiger partial charge is 0.465 e. The van der Waals surface area contributed by atoms with E-state index in [0.717, 1.165) is 25.0 Å². The number of alkyl halides is 3. The highest BCUT2D eigenvalue weighted by atomic mass is 32.1. The minimum atomic E-state index is -4.46. The molecule has 4 rings (SSSR count). The van der Waals surface area contributed by atoms with Gasteiger partial charge in [0.15, 0.2) is 0 Å². The van der Waals surface area contributed by atoms with Crippen LogP contribution in [0.15, 0.2) is 33.8 Å². The van der Waals surface area contributed by atoms with Crippen molar-refractivity contribution in [3.05, 3.63) is 55.6 Å². The fourth-order valence-electron chi connectivity index (χ4n) is 3.17. The molecule has 3 heterocycles. The van der Waals surface area contributed by atoms with E-state index in [9.17, 15) is 22.8 Å². The normalized spacial score (nSPS) is 12.0. The van der Waals surface area contributed by atoms with Crippen molar-refractivity contribution in [1.29, 1.82) is 0 Å². The van der Waals surface area contributed by atoms with Gasteiger partial charge in [-0.2, -0.15) is 29.6 Å². The van der Waals surface area contributed by atoms with Crippen LogP contribution < -0.4 is 5.56 Å². The van der Waals surface area contributed by atoms with Gasteiger partial charge in [-0.15, -0.1) is 11.3 Å². The van der Waals surface area contributed by atoms with Crippen LogP contribution >= 0.6 is 22.7 Å². The topological polar surface area (TPSA) is 74.1 Å². The van der Waals surface area contributed by atoms with Crippen LogP contribution in [0.4, 0.5) is 13.2 Å². The first-order chi connectivity index (χ1) is 15.3. The van der Waals surface area contributed by atoms with Gasteiger partial charge in [0, 0.05) is 16.1 Å². The quantitative estimate of drug-likeness (QED) is 0.274. The van der Waals surface area contributed by atoms with E-state index in [-0.39, 0.29) is 24.0 Å². The zero-order valence-electron chi connectivity index (χ0n) is 16.9. The van der Waals surface area contributed by atoms with Gasteiger partial charge in [-0.1, -0.05) is 13.3 Å². The molecular weight excluding hydrogens is 463 g/mol. The lowest BCUT2D eigenvalue weighted by Crippen LogP contribution is -2.25. The van der Waals surface area contributed by atoms with Crippen LogP contribution in [-0.2, 0) is 28.7 Å². The third kappa shape index (κ3) is 4.68. The first-order valence-electron chi connectivity index (χ1n) is 9.84. The Hall–Kier alpha value is -2.79. The van der Waals surface area contributed by atoms with E-state index >= 15 is 0 Å². The Bertz CT molecular complexity index is 1340. The van der Waals surface area contributed by atoms with Crippen molar-refractivity contribution in [1.82, 2.24) is 14.8 Å². The number of rotatable bonds is 7. The number of fused-ring (bicyclic) bond motifs is 2. The summed E-state index contributed by atoms with van der Waals surface area (Å²) in [6, 6.07) is 3.37. The fourth-order valence-corrected chi connectivity index (χ4v) is 4.93. The fraction of sp³-hybridized carbons (Fsp3) is 0.333. The average Bonchev–Trinajstić information content (AvgIpc) is 3.37. The summed E-state index contributed by atoms with van der Waals surface area (Å²) in [5.74, 6) is -0.427. The molecule has 6 nitrogen and oxygen atoms in total. The van der Waals surface area contributed by atoms with Crippen molar-refractivity contribution in [2.24, 2.45) is 0 Å². The molecule has 1 aromatic carbocycles. The Balaban J connectivity index is 1.65. The maximum atomic E-state index is 13.0. The van der Waals surface area contributed by atoms with E-state index in [1.165, 1.54) is 33.4 Å². The maximum Gasteiger partial charge on any atom is 0.416 e. The molecule has 32 heavy (non-hydrogen) atoms. The Kier molecular flexibility index (Phi) is 6.29. The minimum Gasteiger partial charge on any atom is -0.465 e. The van der Waals surface area contributed by atoms with Crippen LogP contribution in [0.2, 0.25) is 0 Å². The summed E-state index contributed by atoms with van der Waals surface area (Å²) in [5.41, 5.74) is -0.493. The number of nitrogens with zero attached hydrogens (tertiary/aromatic N) is 3. The molecule has 0 N–H and O–H groups in total. The van der Waals surface area contributed by atoms with Crippen LogP contribution in [-0.4, -0.2) is 27.3 Å². The number of ether oxygens (including phenoxy) is 1. The summed E-state index contributed by atoms with van der Waals surface area (Å²) < 4.78 is 45.9. The number of aromatic nitrogens is 3. The third-order valence-electron chi connectivity index (χ3n) is 4.80. The number of unbranched alkanes of at least 4 members (excludes halogenated alkanes) is 1.